The number of hydrogen-bond donors (Lipinski definition) is 1. The van der Waals surface area contributed by atoms with E-state index in [1.807, 2.05) is 31.2 Å². The molecule has 0 radical (unpaired) electrons. The van der Waals surface area contributed by atoms with Crippen LogP contribution in [-0.4, -0.2) is 19.3 Å². The molecule has 0 aliphatic carbocycles. The first-order valence-electron chi connectivity index (χ1n) is 7.47. The molecule has 0 saturated carbocycles. The third kappa shape index (κ3) is 3.58. The number of hydrogen-bond acceptors (Lipinski definition) is 5. The minimum Gasteiger partial charge on any atom is -0.484 e. The minimum atomic E-state index is -0.232. The van der Waals surface area contributed by atoms with Gasteiger partial charge in [-0.25, -0.2) is 0 Å². The quantitative estimate of drug-likeness (QED) is 0.914. The first-order chi connectivity index (χ1) is 11.7. The first kappa shape index (κ1) is 15.7. The van der Waals surface area contributed by atoms with Crippen LogP contribution < -0.4 is 19.5 Å². The van der Waals surface area contributed by atoms with Crippen molar-refractivity contribution in [3.05, 3.63) is 53.6 Å². The Morgan fingerprint density at radius 2 is 2.00 bits per heavy atom. The number of ether oxygens (including phenoxy) is 3. The number of nitrogens with zero attached hydrogens (tertiary/aromatic N) is 1. The van der Waals surface area contributed by atoms with Crippen molar-refractivity contribution in [2.45, 2.75) is 13.0 Å². The second-order valence-corrected chi connectivity index (χ2v) is 5.33. The normalized spacial score (nSPS) is 13.0. The highest BCUT2D eigenvalue weighted by atomic mass is 16.7. The van der Waals surface area contributed by atoms with Crippen molar-refractivity contribution in [2.75, 3.05) is 13.4 Å². The molecule has 1 N–H and O–H groups in total. The predicted octanol–water partition coefficient (Wildman–Crippen LogP) is 2.54. The Morgan fingerprint density at radius 1 is 1.25 bits per heavy atom. The van der Waals surface area contributed by atoms with Crippen molar-refractivity contribution in [1.29, 1.82) is 5.26 Å². The van der Waals surface area contributed by atoms with E-state index in [1.165, 1.54) is 0 Å². The molecule has 1 aliphatic rings. The zero-order chi connectivity index (χ0) is 16.9. The summed E-state index contributed by atoms with van der Waals surface area (Å²) in [5, 5.41) is 11.6. The van der Waals surface area contributed by atoms with Gasteiger partial charge in [-0.1, -0.05) is 6.07 Å². The lowest BCUT2D eigenvalue weighted by atomic mass is 10.1. The molecule has 0 aromatic heterocycles. The van der Waals surface area contributed by atoms with Crippen LogP contribution in [0.25, 0.3) is 0 Å². The fourth-order valence-corrected chi connectivity index (χ4v) is 2.32. The number of nitrogens with one attached hydrogen (secondary N) is 1. The van der Waals surface area contributed by atoms with Crippen LogP contribution >= 0.6 is 0 Å². The zero-order valence-corrected chi connectivity index (χ0v) is 13.1. The van der Waals surface area contributed by atoms with Gasteiger partial charge in [0.05, 0.1) is 17.7 Å². The van der Waals surface area contributed by atoms with Gasteiger partial charge in [0.25, 0.3) is 5.91 Å². The van der Waals surface area contributed by atoms with Gasteiger partial charge in [-0.3, -0.25) is 4.79 Å². The molecule has 1 atom stereocenters. The number of carbonyl (C=O) groups excluding carboxylic acids is 1. The Labute approximate surface area is 139 Å². The summed E-state index contributed by atoms with van der Waals surface area (Å²) in [4.78, 5) is 12.0. The van der Waals surface area contributed by atoms with Gasteiger partial charge >= 0.3 is 0 Å². The Balaban J connectivity index is 1.53. The molecule has 1 aliphatic heterocycles. The van der Waals surface area contributed by atoms with E-state index in [4.69, 9.17) is 19.5 Å². The topological polar surface area (TPSA) is 80.6 Å². The van der Waals surface area contributed by atoms with Crippen LogP contribution in [0.15, 0.2) is 42.5 Å². The minimum absolute atomic E-state index is 0.0964. The van der Waals surface area contributed by atoms with Crippen LogP contribution in [0.4, 0.5) is 0 Å². The van der Waals surface area contributed by atoms with Gasteiger partial charge in [-0.2, -0.15) is 5.26 Å². The van der Waals surface area contributed by atoms with Crippen molar-refractivity contribution in [1.82, 2.24) is 5.32 Å². The average molecular weight is 324 g/mol. The highest BCUT2D eigenvalue weighted by Gasteiger charge is 2.17. The van der Waals surface area contributed by atoms with Crippen molar-refractivity contribution in [3.63, 3.8) is 0 Å². The number of rotatable bonds is 5. The lowest BCUT2D eigenvalue weighted by Gasteiger charge is -2.15. The molecular weight excluding hydrogens is 308 g/mol. The van der Waals surface area contributed by atoms with E-state index in [2.05, 4.69) is 5.32 Å². The molecule has 0 fully saturated rings. The fraction of sp³-hybridized carbons (Fsp3) is 0.222. The van der Waals surface area contributed by atoms with Gasteiger partial charge in [-0.05, 0) is 48.9 Å². The second kappa shape index (κ2) is 6.92. The molecule has 6 heteroatoms. The van der Waals surface area contributed by atoms with Gasteiger partial charge < -0.3 is 19.5 Å². The van der Waals surface area contributed by atoms with E-state index in [9.17, 15) is 4.79 Å². The van der Waals surface area contributed by atoms with Crippen LogP contribution in [0.3, 0.4) is 0 Å². The zero-order valence-electron chi connectivity index (χ0n) is 13.1. The van der Waals surface area contributed by atoms with Gasteiger partial charge in [0.15, 0.2) is 18.1 Å². The van der Waals surface area contributed by atoms with Crippen LogP contribution in [-0.2, 0) is 4.79 Å². The maximum atomic E-state index is 12.0. The molecule has 0 unspecified atom stereocenters. The Hall–Kier alpha value is -3.20. The highest BCUT2D eigenvalue weighted by molar-refractivity contribution is 5.78. The largest absolute Gasteiger partial charge is 0.484 e. The summed E-state index contributed by atoms with van der Waals surface area (Å²) in [6.07, 6.45) is 0. The van der Waals surface area contributed by atoms with Crippen molar-refractivity contribution in [2.24, 2.45) is 0 Å². The first-order valence-corrected chi connectivity index (χ1v) is 7.47. The molecule has 6 nitrogen and oxygen atoms in total. The third-order valence-electron chi connectivity index (χ3n) is 3.63. The van der Waals surface area contributed by atoms with E-state index < -0.39 is 0 Å². The molecule has 1 amide bonds. The molecule has 24 heavy (non-hydrogen) atoms. The molecule has 1 heterocycles. The SMILES string of the molecule is C[C@H](NC(=O)COc1ccc(C#N)cc1)c1ccc2c(c1)OCO2. The van der Waals surface area contributed by atoms with Gasteiger partial charge in [-0.15, -0.1) is 0 Å². The van der Waals surface area contributed by atoms with Gasteiger partial charge in [0.2, 0.25) is 6.79 Å². The number of nitriles is 1. The monoisotopic (exact) mass is 324 g/mol. The van der Waals surface area contributed by atoms with Crippen LogP contribution in [0.2, 0.25) is 0 Å². The van der Waals surface area contributed by atoms with Crippen LogP contribution in [0, 0.1) is 11.3 Å². The Kier molecular flexibility index (Phi) is 4.52. The maximum Gasteiger partial charge on any atom is 0.258 e. The number of benzene rings is 2. The summed E-state index contributed by atoms with van der Waals surface area (Å²) in [5.74, 6) is 1.70. The molecule has 0 bridgehead atoms. The number of amides is 1. The maximum absolute atomic E-state index is 12.0. The summed E-state index contributed by atoms with van der Waals surface area (Å²) < 4.78 is 16.0. The summed E-state index contributed by atoms with van der Waals surface area (Å²) >= 11 is 0. The Bertz CT molecular complexity index is 781. The smallest absolute Gasteiger partial charge is 0.258 e. The second-order valence-electron chi connectivity index (χ2n) is 5.33. The van der Waals surface area contributed by atoms with Crippen LogP contribution in [0.5, 0.6) is 17.2 Å². The lowest BCUT2D eigenvalue weighted by molar-refractivity contribution is -0.123. The molecular formula is C18H16N2O4. The van der Waals surface area contributed by atoms with Crippen molar-refractivity contribution in [3.8, 4) is 23.3 Å². The number of carbonyl (C=O) groups is 1. The molecule has 2 aromatic carbocycles. The summed E-state index contributed by atoms with van der Waals surface area (Å²) in [5.41, 5.74) is 1.47. The summed E-state index contributed by atoms with van der Waals surface area (Å²) in [7, 11) is 0. The summed E-state index contributed by atoms with van der Waals surface area (Å²) in [6, 6.07) is 14.0. The van der Waals surface area contributed by atoms with Gasteiger partial charge in [0.1, 0.15) is 5.75 Å². The molecule has 122 valence electrons. The van der Waals surface area contributed by atoms with E-state index in [1.54, 1.807) is 24.3 Å². The Morgan fingerprint density at radius 3 is 2.75 bits per heavy atom. The third-order valence-corrected chi connectivity index (χ3v) is 3.63. The summed E-state index contributed by atoms with van der Waals surface area (Å²) in [6.45, 7) is 2.01. The average Bonchev–Trinajstić information content (AvgIpc) is 3.08. The van der Waals surface area contributed by atoms with Crippen molar-refractivity contribution >= 4 is 5.91 Å². The van der Waals surface area contributed by atoms with Crippen LogP contribution in [0.1, 0.15) is 24.1 Å². The van der Waals surface area contributed by atoms with E-state index >= 15 is 0 Å². The van der Waals surface area contributed by atoms with Gasteiger partial charge in [0, 0.05) is 0 Å². The van der Waals surface area contributed by atoms with Crippen molar-refractivity contribution < 1.29 is 19.0 Å². The highest BCUT2D eigenvalue weighted by Crippen LogP contribution is 2.34. The van der Waals surface area contributed by atoms with E-state index in [0.29, 0.717) is 22.8 Å². The molecule has 0 spiro atoms. The standard InChI is InChI=1S/C18H16N2O4/c1-12(14-4-7-16-17(8-14)24-11-23-16)20-18(21)10-22-15-5-2-13(9-19)3-6-15/h2-8,12H,10-11H2,1H3,(H,20,21)/t12-/m0/s1. The van der Waals surface area contributed by atoms with E-state index in [-0.39, 0.29) is 25.3 Å². The molecule has 3 rings (SSSR count). The molecule has 0 saturated heterocycles. The fourth-order valence-electron chi connectivity index (χ4n) is 2.32. The van der Waals surface area contributed by atoms with E-state index in [0.717, 1.165) is 5.56 Å². The number of fused-ring (bicyclic) bond motifs is 1. The molecule has 2 aromatic rings. The lowest BCUT2D eigenvalue weighted by Crippen LogP contribution is -2.31. The predicted molar refractivity (Wildman–Crippen MR) is 85.8 cm³/mol.